The van der Waals surface area contributed by atoms with Gasteiger partial charge in [-0.2, -0.15) is 5.10 Å². The Morgan fingerprint density at radius 3 is 2.69 bits per heavy atom. The highest BCUT2D eigenvalue weighted by molar-refractivity contribution is 7.12. The van der Waals surface area contributed by atoms with Gasteiger partial charge in [0, 0.05) is 19.0 Å². The number of aromatic nitrogens is 2. The third-order valence-corrected chi connectivity index (χ3v) is 4.60. The Morgan fingerprint density at radius 1 is 1.15 bits per heavy atom. The van der Waals surface area contributed by atoms with E-state index in [9.17, 15) is 9.59 Å². The molecule has 1 aromatic carbocycles. The van der Waals surface area contributed by atoms with Crippen LogP contribution in [0.3, 0.4) is 0 Å². The van der Waals surface area contributed by atoms with Crippen molar-refractivity contribution in [2.45, 2.75) is 19.9 Å². The van der Waals surface area contributed by atoms with Gasteiger partial charge in [-0.1, -0.05) is 36.4 Å². The van der Waals surface area contributed by atoms with Gasteiger partial charge in [0.1, 0.15) is 5.82 Å². The molecular formula is C19H20N4O2S. The first-order valence-electron chi connectivity index (χ1n) is 8.32. The molecule has 3 aromatic rings. The van der Waals surface area contributed by atoms with Crippen molar-refractivity contribution in [3.05, 3.63) is 70.0 Å². The standard InChI is InChI=1S/C19H20N4O2S/c1-14-12-17(23(22-14)13-15-6-3-2-4-7-15)21-18(24)9-10-20-19(25)16-8-5-11-26-16/h2-8,11-12H,9-10,13H2,1H3,(H,20,25)(H,21,24). The number of nitrogens with one attached hydrogen (secondary N) is 2. The van der Waals surface area contributed by atoms with Crippen LogP contribution in [0, 0.1) is 6.92 Å². The van der Waals surface area contributed by atoms with E-state index in [4.69, 9.17) is 0 Å². The fourth-order valence-corrected chi connectivity index (χ4v) is 3.15. The number of carbonyl (C=O) groups excluding carboxylic acids is 2. The van der Waals surface area contributed by atoms with E-state index in [2.05, 4.69) is 15.7 Å². The van der Waals surface area contributed by atoms with Gasteiger partial charge in [-0.15, -0.1) is 11.3 Å². The van der Waals surface area contributed by atoms with Crippen LogP contribution in [0.5, 0.6) is 0 Å². The van der Waals surface area contributed by atoms with Gasteiger partial charge >= 0.3 is 0 Å². The number of amides is 2. The lowest BCUT2D eigenvalue weighted by atomic mass is 10.2. The fourth-order valence-electron chi connectivity index (χ4n) is 2.51. The summed E-state index contributed by atoms with van der Waals surface area (Å²) in [6.45, 7) is 2.76. The molecule has 2 aromatic heterocycles. The number of anilines is 1. The first kappa shape index (κ1) is 17.9. The zero-order chi connectivity index (χ0) is 18.4. The van der Waals surface area contributed by atoms with Gasteiger partial charge in [0.15, 0.2) is 0 Å². The van der Waals surface area contributed by atoms with Crippen LogP contribution in [0.4, 0.5) is 5.82 Å². The fraction of sp³-hybridized carbons (Fsp3) is 0.211. The van der Waals surface area contributed by atoms with Gasteiger partial charge in [-0.25, -0.2) is 4.68 Å². The van der Waals surface area contributed by atoms with Crippen molar-refractivity contribution in [2.24, 2.45) is 0 Å². The van der Waals surface area contributed by atoms with Crippen molar-refractivity contribution in [2.75, 3.05) is 11.9 Å². The summed E-state index contributed by atoms with van der Waals surface area (Å²) < 4.78 is 1.77. The largest absolute Gasteiger partial charge is 0.351 e. The molecule has 134 valence electrons. The molecule has 6 nitrogen and oxygen atoms in total. The number of hydrogen-bond acceptors (Lipinski definition) is 4. The molecule has 3 rings (SSSR count). The molecule has 0 unspecified atom stereocenters. The Balaban J connectivity index is 1.53. The van der Waals surface area contributed by atoms with E-state index in [0.717, 1.165) is 11.3 Å². The molecule has 0 saturated heterocycles. The van der Waals surface area contributed by atoms with Gasteiger partial charge in [-0.05, 0) is 23.9 Å². The van der Waals surface area contributed by atoms with Crippen molar-refractivity contribution in [3.8, 4) is 0 Å². The summed E-state index contributed by atoms with van der Waals surface area (Å²) in [6, 6.07) is 15.4. The molecule has 0 spiro atoms. The smallest absolute Gasteiger partial charge is 0.261 e. The maximum Gasteiger partial charge on any atom is 0.261 e. The quantitative estimate of drug-likeness (QED) is 0.673. The minimum absolute atomic E-state index is 0.155. The van der Waals surface area contributed by atoms with E-state index in [1.54, 1.807) is 10.7 Å². The highest BCUT2D eigenvalue weighted by atomic mass is 32.1. The van der Waals surface area contributed by atoms with Crippen LogP contribution in [0.25, 0.3) is 0 Å². The number of carbonyl (C=O) groups is 2. The summed E-state index contributed by atoms with van der Waals surface area (Å²) in [4.78, 5) is 24.7. The average molecular weight is 368 g/mol. The second kappa shape index (κ2) is 8.44. The van der Waals surface area contributed by atoms with Crippen molar-refractivity contribution >= 4 is 29.0 Å². The molecule has 0 aliphatic heterocycles. The maximum atomic E-state index is 12.2. The lowest BCUT2D eigenvalue weighted by Gasteiger charge is -2.09. The normalized spacial score (nSPS) is 10.5. The van der Waals surface area contributed by atoms with E-state index in [-0.39, 0.29) is 24.8 Å². The van der Waals surface area contributed by atoms with Crippen LogP contribution in [-0.2, 0) is 11.3 Å². The number of hydrogen-bond donors (Lipinski definition) is 2. The van der Waals surface area contributed by atoms with Crippen LogP contribution in [0.15, 0.2) is 53.9 Å². The van der Waals surface area contributed by atoms with Crippen molar-refractivity contribution in [3.63, 3.8) is 0 Å². The minimum Gasteiger partial charge on any atom is -0.351 e. The monoisotopic (exact) mass is 368 g/mol. The molecule has 2 amide bonds. The van der Waals surface area contributed by atoms with Crippen molar-refractivity contribution < 1.29 is 9.59 Å². The Kier molecular flexibility index (Phi) is 5.80. The highest BCUT2D eigenvalue weighted by Crippen LogP contribution is 2.13. The number of aryl methyl sites for hydroxylation is 1. The maximum absolute atomic E-state index is 12.2. The SMILES string of the molecule is Cc1cc(NC(=O)CCNC(=O)c2cccs2)n(Cc2ccccc2)n1. The molecule has 7 heteroatoms. The van der Waals surface area contributed by atoms with E-state index in [0.29, 0.717) is 17.2 Å². The third-order valence-electron chi connectivity index (χ3n) is 3.73. The van der Waals surface area contributed by atoms with Gasteiger partial charge in [-0.3, -0.25) is 9.59 Å². The number of nitrogens with zero attached hydrogens (tertiary/aromatic N) is 2. The van der Waals surface area contributed by atoms with Crippen LogP contribution in [0.1, 0.15) is 27.3 Å². The molecule has 0 aliphatic rings. The van der Waals surface area contributed by atoms with Crippen LogP contribution >= 0.6 is 11.3 Å². The predicted octanol–water partition coefficient (Wildman–Crippen LogP) is 3.06. The van der Waals surface area contributed by atoms with Gasteiger partial charge in [0.2, 0.25) is 5.91 Å². The van der Waals surface area contributed by atoms with Crippen molar-refractivity contribution in [1.29, 1.82) is 0 Å². The van der Waals surface area contributed by atoms with Gasteiger partial charge in [0.05, 0.1) is 17.1 Å². The second-order valence-corrected chi connectivity index (χ2v) is 6.79. The van der Waals surface area contributed by atoms with Gasteiger partial charge < -0.3 is 10.6 Å². The van der Waals surface area contributed by atoms with Crippen LogP contribution in [0.2, 0.25) is 0 Å². The predicted molar refractivity (Wildman–Crippen MR) is 102 cm³/mol. The van der Waals surface area contributed by atoms with Crippen molar-refractivity contribution in [1.82, 2.24) is 15.1 Å². The summed E-state index contributed by atoms with van der Waals surface area (Å²) in [7, 11) is 0. The molecule has 0 fully saturated rings. The Bertz CT molecular complexity index is 872. The summed E-state index contributed by atoms with van der Waals surface area (Å²) >= 11 is 1.37. The molecule has 26 heavy (non-hydrogen) atoms. The van der Waals surface area contributed by atoms with E-state index in [1.165, 1.54) is 11.3 Å². The third kappa shape index (κ3) is 4.80. The topological polar surface area (TPSA) is 76.0 Å². The zero-order valence-electron chi connectivity index (χ0n) is 14.4. The Hall–Kier alpha value is -2.93. The zero-order valence-corrected chi connectivity index (χ0v) is 15.3. The van der Waals surface area contributed by atoms with Gasteiger partial charge in [0.25, 0.3) is 5.91 Å². The molecule has 0 atom stereocenters. The summed E-state index contributed by atoms with van der Waals surface area (Å²) in [6.07, 6.45) is 0.201. The Labute approximate surface area is 155 Å². The Morgan fingerprint density at radius 2 is 1.96 bits per heavy atom. The van der Waals surface area contributed by atoms with Crippen LogP contribution in [-0.4, -0.2) is 28.1 Å². The summed E-state index contributed by atoms with van der Waals surface area (Å²) in [5, 5.41) is 11.9. The summed E-state index contributed by atoms with van der Waals surface area (Å²) in [5.74, 6) is 0.337. The molecule has 0 bridgehead atoms. The highest BCUT2D eigenvalue weighted by Gasteiger charge is 2.11. The minimum atomic E-state index is -0.161. The molecule has 0 saturated carbocycles. The molecule has 2 heterocycles. The molecule has 2 N–H and O–H groups in total. The number of benzene rings is 1. The number of rotatable bonds is 7. The van der Waals surface area contributed by atoms with E-state index >= 15 is 0 Å². The average Bonchev–Trinajstić information content (AvgIpc) is 3.26. The van der Waals surface area contributed by atoms with Crippen LogP contribution < -0.4 is 10.6 Å². The first-order chi connectivity index (χ1) is 12.6. The second-order valence-electron chi connectivity index (χ2n) is 5.85. The summed E-state index contributed by atoms with van der Waals surface area (Å²) in [5.41, 5.74) is 1.94. The number of thiophene rings is 1. The van der Waals surface area contributed by atoms with E-state index < -0.39 is 0 Å². The molecule has 0 aliphatic carbocycles. The molecule has 0 radical (unpaired) electrons. The lowest BCUT2D eigenvalue weighted by molar-refractivity contribution is -0.116. The van der Waals surface area contributed by atoms with E-state index in [1.807, 2.05) is 54.8 Å². The first-order valence-corrected chi connectivity index (χ1v) is 9.20. The molecular weight excluding hydrogens is 348 g/mol. The lowest BCUT2D eigenvalue weighted by Crippen LogP contribution is -2.27.